The van der Waals surface area contributed by atoms with Crippen molar-refractivity contribution in [2.45, 2.75) is 38.3 Å². The molecule has 0 bridgehead atoms. The molecule has 2 heteroatoms. The maximum absolute atomic E-state index is 6.20. The zero-order chi connectivity index (χ0) is 10.7. The maximum Gasteiger partial charge on any atom is 0.0594 e. The summed E-state index contributed by atoms with van der Waals surface area (Å²) >= 11 is 0. The monoisotopic (exact) mass is 205 g/mol. The van der Waals surface area contributed by atoms with E-state index >= 15 is 0 Å². The van der Waals surface area contributed by atoms with E-state index in [9.17, 15) is 0 Å². The molecule has 2 rings (SSSR count). The second-order valence-corrected chi connectivity index (χ2v) is 4.33. The summed E-state index contributed by atoms with van der Waals surface area (Å²) < 4.78 is 5.60. The number of ether oxygens (including phenoxy) is 1. The highest BCUT2D eigenvalue weighted by atomic mass is 16.5. The minimum absolute atomic E-state index is 0.120. The average molecular weight is 205 g/mol. The van der Waals surface area contributed by atoms with Crippen LogP contribution < -0.4 is 5.73 Å². The Bertz CT molecular complexity index is 318. The highest BCUT2D eigenvalue weighted by Crippen LogP contribution is 2.24. The van der Waals surface area contributed by atoms with Crippen molar-refractivity contribution in [2.24, 2.45) is 5.73 Å². The SMILES string of the molecule is Cc1ccccc1C(N)CC1CCCO1. The van der Waals surface area contributed by atoms with Crippen molar-refractivity contribution in [1.82, 2.24) is 0 Å². The van der Waals surface area contributed by atoms with Crippen molar-refractivity contribution >= 4 is 0 Å². The lowest BCUT2D eigenvalue weighted by Crippen LogP contribution is -2.19. The average Bonchev–Trinajstić information content (AvgIpc) is 2.71. The highest BCUT2D eigenvalue weighted by Gasteiger charge is 2.20. The molecule has 1 aromatic rings. The molecule has 2 unspecified atom stereocenters. The molecule has 15 heavy (non-hydrogen) atoms. The summed E-state index contributed by atoms with van der Waals surface area (Å²) in [5.41, 5.74) is 8.73. The summed E-state index contributed by atoms with van der Waals surface area (Å²) in [4.78, 5) is 0. The van der Waals surface area contributed by atoms with E-state index < -0.39 is 0 Å². The van der Waals surface area contributed by atoms with Gasteiger partial charge in [-0.25, -0.2) is 0 Å². The van der Waals surface area contributed by atoms with Crippen LogP contribution in [0.5, 0.6) is 0 Å². The predicted octanol–water partition coefficient (Wildman–Crippen LogP) is 2.56. The summed E-state index contributed by atoms with van der Waals surface area (Å²) in [5, 5.41) is 0. The van der Waals surface area contributed by atoms with Crippen molar-refractivity contribution in [3.63, 3.8) is 0 Å². The van der Waals surface area contributed by atoms with Crippen LogP contribution in [0.4, 0.5) is 0 Å². The van der Waals surface area contributed by atoms with Crippen LogP contribution in [0, 0.1) is 6.92 Å². The Morgan fingerprint density at radius 3 is 2.93 bits per heavy atom. The minimum atomic E-state index is 0.120. The lowest BCUT2D eigenvalue weighted by molar-refractivity contribution is 0.0983. The van der Waals surface area contributed by atoms with Crippen LogP contribution in [0.15, 0.2) is 24.3 Å². The van der Waals surface area contributed by atoms with Gasteiger partial charge in [-0.2, -0.15) is 0 Å². The standard InChI is InChI=1S/C13H19NO/c1-10-5-2-3-7-12(10)13(14)9-11-6-4-8-15-11/h2-3,5,7,11,13H,4,6,8-9,14H2,1H3. The molecule has 1 aromatic carbocycles. The van der Waals surface area contributed by atoms with Gasteiger partial charge in [0.15, 0.2) is 0 Å². The third-order valence-electron chi connectivity index (χ3n) is 3.13. The molecule has 2 nitrogen and oxygen atoms in total. The molecule has 1 aliphatic heterocycles. The fourth-order valence-electron chi connectivity index (χ4n) is 2.24. The molecule has 2 N–H and O–H groups in total. The quantitative estimate of drug-likeness (QED) is 0.823. The van der Waals surface area contributed by atoms with Gasteiger partial charge in [0.1, 0.15) is 0 Å². The molecule has 0 aromatic heterocycles. The molecule has 1 heterocycles. The predicted molar refractivity (Wildman–Crippen MR) is 61.7 cm³/mol. The van der Waals surface area contributed by atoms with Crippen molar-refractivity contribution in [2.75, 3.05) is 6.61 Å². The number of nitrogens with two attached hydrogens (primary N) is 1. The van der Waals surface area contributed by atoms with E-state index in [1.54, 1.807) is 0 Å². The number of hydrogen-bond acceptors (Lipinski definition) is 2. The van der Waals surface area contributed by atoms with Crippen molar-refractivity contribution in [3.05, 3.63) is 35.4 Å². The molecule has 0 radical (unpaired) electrons. The fraction of sp³-hybridized carbons (Fsp3) is 0.538. The smallest absolute Gasteiger partial charge is 0.0594 e. The molecule has 0 saturated carbocycles. The summed E-state index contributed by atoms with van der Waals surface area (Å²) in [6, 6.07) is 8.46. The van der Waals surface area contributed by atoms with Gasteiger partial charge in [0.2, 0.25) is 0 Å². The topological polar surface area (TPSA) is 35.2 Å². The molecular weight excluding hydrogens is 186 g/mol. The van der Waals surface area contributed by atoms with Gasteiger partial charge >= 0.3 is 0 Å². The van der Waals surface area contributed by atoms with Crippen LogP contribution in [0.2, 0.25) is 0 Å². The number of benzene rings is 1. The van der Waals surface area contributed by atoms with Gasteiger partial charge in [-0.3, -0.25) is 0 Å². The van der Waals surface area contributed by atoms with Crippen LogP contribution in [0.3, 0.4) is 0 Å². The Morgan fingerprint density at radius 2 is 2.27 bits per heavy atom. The first kappa shape index (κ1) is 10.7. The highest BCUT2D eigenvalue weighted by molar-refractivity contribution is 5.28. The van der Waals surface area contributed by atoms with E-state index in [1.807, 2.05) is 0 Å². The lowest BCUT2D eigenvalue weighted by atomic mass is 9.96. The molecule has 0 spiro atoms. The van der Waals surface area contributed by atoms with Crippen LogP contribution in [-0.4, -0.2) is 12.7 Å². The largest absolute Gasteiger partial charge is 0.378 e. The molecule has 1 saturated heterocycles. The Morgan fingerprint density at radius 1 is 1.47 bits per heavy atom. The van der Waals surface area contributed by atoms with Crippen molar-refractivity contribution < 1.29 is 4.74 Å². The summed E-state index contributed by atoms with van der Waals surface area (Å²) in [6.45, 7) is 3.02. The third-order valence-corrected chi connectivity index (χ3v) is 3.13. The van der Waals surface area contributed by atoms with Gasteiger partial charge in [-0.05, 0) is 37.3 Å². The summed E-state index contributed by atoms with van der Waals surface area (Å²) in [6.07, 6.45) is 3.68. The van der Waals surface area contributed by atoms with Gasteiger partial charge in [0, 0.05) is 12.6 Å². The molecule has 1 aliphatic rings. The van der Waals surface area contributed by atoms with E-state index in [1.165, 1.54) is 24.0 Å². The van der Waals surface area contributed by atoms with Crippen LogP contribution in [0.1, 0.15) is 36.4 Å². The second-order valence-electron chi connectivity index (χ2n) is 4.33. The number of hydrogen-bond donors (Lipinski definition) is 1. The molecule has 1 fully saturated rings. The molecular formula is C13H19NO. The Labute approximate surface area is 91.4 Å². The van der Waals surface area contributed by atoms with Crippen molar-refractivity contribution in [1.29, 1.82) is 0 Å². The van der Waals surface area contributed by atoms with Crippen LogP contribution in [0.25, 0.3) is 0 Å². The lowest BCUT2D eigenvalue weighted by Gasteiger charge is -2.18. The van der Waals surface area contributed by atoms with E-state index in [0.29, 0.717) is 6.10 Å². The van der Waals surface area contributed by atoms with Gasteiger partial charge in [0.05, 0.1) is 6.10 Å². The Kier molecular flexibility index (Phi) is 3.39. The third kappa shape index (κ3) is 2.58. The molecule has 0 amide bonds. The van der Waals surface area contributed by atoms with Crippen LogP contribution >= 0.6 is 0 Å². The second kappa shape index (κ2) is 4.77. The van der Waals surface area contributed by atoms with Crippen LogP contribution in [-0.2, 0) is 4.74 Å². The Balaban J connectivity index is 2.00. The maximum atomic E-state index is 6.20. The number of aryl methyl sites for hydroxylation is 1. The minimum Gasteiger partial charge on any atom is -0.378 e. The molecule has 0 aliphatic carbocycles. The molecule has 82 valence electrons. The zero-order valence-corrected chi connectivity index (χ0v) is 9.28. The van der Waals surface area contributed by atoms with E-state index in [4.69, 9.17) is 10.5 Å². The van der Waals surface area contributed by atoms with Gasteiger partial charge in [0.25, 0.3) is 0 Å². The van der Waals surface area contributed by atoms with Gasteiger partial charge in [-0.15, -0.1) is 0 Å². The normalized spacial score (nSPS) is 22.9. The fourth-order valence-corrected chi connectivity index (χ4v) is 2.24. The van der Waals surface area contributed by atoms with E-state index in [0.717, 1.165) is 13.0 Å². The van der Waals surface area contributed by atoms with E-state index in [-0.39, 0.29) is 6.04 Å². The first-order valence-electron chi connectivity index (χ1n) is 5.70. The Hall–Kier alpha value is -0.860. The van der Waals surface area contributed by atoms with Gasteiger partial charge in [-0.1, -0.05) is 24.3 Å². The first-order valence-corrected chi connectivity index (χ1v) is 5.70. The first-order chi connectivity index (χ1) is 7.27. The molecule has 2 atom stereocenters. The van der Waals surface area contributed by atoms with Gasteiger partial charge < -0.3 is 10.5 Å². The summed E-state index contributed by atoms with van der Waals surface area (Å²) in [5.74, 6) is 0. The van der Waals surface area contributed by atoms with Crippen molar-refractivity contribution in [3.8, 4) is 0 Å². The van der Waals surface area contributed by atoms with E-state index in [2.05, 4.69) is 31.2 Å². The summed E-state index contributed by atoms with van der Waals surface area (Å²) in [7, 11) is 0. The number of rotatable bonds is 3. The zero-order valence-electron chi connectivity index (χ0n) is 9.28.